The number of rotatable bonds is 8. The van der Waals surface area contributed by atoms with E-state index in [9.17, 15) is 29.4 Å². The molecule has 2 unspecified atom stereocenters. The van der Waals surface area contributed by atoms with E-state index in [1.165, 1.54) is 0 Å². The highest BCUT2D eigenvalue weighted by Gasteiger charge is 2.55. The molecule has 4 N–H and O–H groups in total. The van der Waals surface area contributed by atoms with Crippen molar-refractivity contribution < 1.29 is 39.6 Å². The number of carbonyl (C=O) groups is 4. The average Bonchev–Trinajstić information content (AvgIpc) is 2.89. The Bertz CT molecular complexity index is 662. The van der Waals surface area contributed by atoms with Gasteiger partial charge in [-0.3, -0.25) is 19.2 Å². The lowest BCUT2D eigenvalue weighted by Crippen LogP contribution is -2.47. The van der Waals surface area contributed by atoms with Crippen LogP contribution < -0.4 is 0 Å². The molecule has 0 aliphatic heterocycles. The van der Waals surface area contributed by atoms with Crippen molar-refractivity contribution >= 4 is 23.9 Å². The molecule has 0 saturated heterocycles. The van der Waals surface area contributed by atoms with Crippen molar-refractivity contribution in [3.8, 4) is 0 Å². The molecule has 0 amide bonds. The van der Waals surface area contributed by atoms with E-state index in [2.05, 4.69) is 0 Å². The summed E-state index contributed by atoms with van der Waals surface area (Å²) in [4.78, 5) is 45.9. The minimum atomic E-state index is -1.52. The maximum Gasteiger partial charge on any atom is 0.307 e. The van der Waals surface area contributed by atoms with Gasteiger partial charge in [-0.15, -0.1) is 0 Å². The van der Waals surface area contributed by atoms with Gasteiger partial charge in [0.1, 0.15) is 0 Å². The van der Waals surface area contributed by atoms with Gasteiger partial charge in [-0.2, -0.15) is 0 Å². The summed E-state index contributed by atoms with van der Waals surface area (Å²) in [5, 5.41) is 37.4. The van der Waals surface area contributed by atoms with Crippen molar-refractivity contribution in [2.24, 2.45) is 17.3 Å². The molecule has 25 heavy (non-hydrogen) atoms. The first-order valence-corrected chi connectivity index (χ1v) is 7.63. The summed E-state index contributed by atoms with van der Waals surface area (Å²) in [6.45, 7) is 0. The van der Waals surface area contributed by atoms with Crippen LogP contribution in [0.3, 0.4) is 0 Å². The third kappa shape index (κ3) is 3.62. The van der Waals surface area contributed by atoms with Gasteiger partial charge >= 0.3 is 23.9 Å². The Morgan fingerprint density at radius 3 is 1.44 bits per heavy atom. The largest absolute Gasteiger partial charge is 0.481 e. The normalized spacial score (nSPS) is 17.3. The first-order chi connectivity index (χ1) is 11.7. The van der Waals surface area contributed by atoms with Gasteiger partial charge in [0.25, 0.3) is 0 Å². The summed E-state index contributed by atoms with van der Waals surface area (Å²) in [5.41, 5.74) is -0.0791. The van der Waals surface area contributed by atoms with Crippen molar-refractivity contribution in [2.45, 2.75) is 25.7 Å². The first kappa shape index (κ1) is 18.4. The van der Waals surface area contributed by atoms with Crippen LogP contribution >= 0.6 is 0 Å². The predicted octanol–water partition coefficient (Wildman–Crippen LogP) is 1.12. The molecule has 0 aromatic heterocycles. The highest BCUT2D eigenvalue weighted by atomic mass is 16.4. The summed E-state index contributed by atoms with van der Waals surface area (Å²) in [6, 6.07) is 6.87. The van der Waals surface area contributed by atoms with Gasteiger partial charge in [0.2, 0.25) is 0 Å². The molecular weight excluding hydrogens is 332 g/mol. The van der Waals surface area contributed by atoms with E-state index >= 15 is 0 Å². The topological polar surface area (TPSA) is 149 Å². The Kier molecular flexibility index (Phi) is 5.10. The molecule has 134 valence electrons. The second-order valence-corrected chi connectivity index (χ2v) is 6.33. The molecule has 0 radical (unpaired) electrons. The molecule has 0 bridgehead atoms. The van der Waals surface area contributed by atoms with Gasteiger partial charge in [0, 0.05) is 5.41 Å². The van der Waals surface area contributed by atoms with Gasteiger partial charge in [-0.1, -0.05) is 24.3 Å². The standard InChI is InChI=1S/C17H18O8/c18-13(19)5-11(15(22)23)17(12(16(24)25)6-14(20)21)7-9-3-1-2-4-10(9)8-17/h1-4,11-12H,5-8H2,(H,18,19)(H,20,21)(H,22,23)(H,24,25). The van der Waals surface area contributed by atoms with E-state index in [0.717, 1.165) is 11.1 Å². The van der Waals surface area contributed by atoms with E-state index in [-0.39, 0.29) is 12.8 Å². The van der Waals surface area contributed by atoms with E-state index in [1.54, 1.807) is 24.3 Å². The minimum absolute atomic E-state index is 0.0116. The number of hydrogen-bond donors (Lipinski definition) is 4. The molecular formula is C17H18O8. The number of hydrogen-bond acceptors (Lipinski definition) is 4. The van der Waals surface area contributed by atoms with Crippen molar-refractivity contribution in [1.82, 2.24) is 0 Å². The highest BCUT2D eigenvalue weighted by molar-refractivity contribution is 5.83. The van der Waals surface area contributed by atoms with E-state index in [0.29, 0.717) is 0 Å². The second kappa shape index (κ2) is 6.92. The molecule has 8 heteroatoms. The molecule has 2 atom stereocenters. The zero-order valence-corrected chi connectivity index (χ0v) is 13.2. The lowest BCUT2D eigenvalue weighted by atomic mass is 9.62. The van der Waals surface area contributed by atoms with Gasteiger partial charge in [-0.25, -0.2) is 0 Å². The van der Waals surface area contributed by atoms with Gasteiger partial charge in [0.15, 0.2) is 0 Å². The van der Waals surface area contributed by atoms with E-state index < -0.39 is 54.0 Å². The van der Waals surface area contributed by atoms with Crippen LogP contribution in [0.15, 0.2) is 24.3 Å². The minimum Gasteiger partial charge on any atom is -0.481 e. The molecule has 0 spiro atoms. The molecule has 8 nitrogen and oxygen atoms in total. The zero-order valence-electron chi connectivity index (χ0n) is 13.2. The van der Waals surface area contributed by atoms with Crippen LogP contribution in [0.25, 0.3) is 0 Å². The average molecular weight is 350 g/mol. The Morgan fingerprint density at radius 2 is 1.16 bits per heavy atom. The summed E-state index contributed by atoms with van der Waals surface area (Å²) >= 11 is 0. The molecule has 1 aliphatic rings. The van der Waals surface area contributed by atoms with Gasteiger partial charge in [0.05, 0.1) is 24.7 Å². The Hall–Kier alpha value is -2.90. The number of fused-ring (bicyclic) bond motifs is 1. The molecule has 0 saturated carbocycles. The van der Waals surface area contributed by atoms with Crippen molar-refractivity contribution in [1.29, 1.82) is 0 Å². The Labute approximate surface area is 142 Å². The quantitative estimate of drug-likeness (QED) is 0.545. The van der Waals surface area contributed by atoms with Crippen LogP contribution in [0.5, 0.6) is 0 Å². The Morgan fingerprint density at radius 1 is 0.800 bits per heavy atom. The molecule has 0 heterocycles. The fourth-order valence-electron chi connectivity index (χ4n) is 3.83. The van der Waals surface area contributed by atoms with Crippen LogP contribution in [0.4, 0.5) is 0 Å². The van der Waals surface area contributed by atoms with Crippen molar-refractivity contribution in [3.63, 3.8) is 0 Å². The number of carboxylic acids is 4. The summed E-state index contributed by atoms with van der Waals surface area (Å²) < 4.78 is 0. The third-order valence-electron chi connectivity index (χ3n) is 4.90. The monoisotopic (exact) mass is 350 g/mol. The zero-order chi connectivity index (χ0) is 18.8. The maximum absolute atomic E-state index is 11.8. The van der Waals surface area contributed by atoms with Gasteiger partial charge < -0.3 is 20.4 Å². The van der Waals surface area contributed by atoms with Crippen LogP contribution in [0.1, 0.15) is 24.0 Å². The van der Waals surface area contributed by atoms with Crippen LogP contribution in [0.2, 0.25) is 0 Å². The summed E-state index contributed by atoms with van der Waals surface area (Å²) in [7, 11) is 0. The smallest absolute Gasteiger partial charge is 0.307 e. The van der Waals surface area contributed by atoms with Crippen LogP contribution in [-0.2, 0) is 32.0 Å². The highest BCUT2D eigenvalue weighted by Crippen LogP contribution is 2.50. The third-order valence-corrected chi connectivity index (χ3v) is 4.90. The van der Waals surface area contributed by atoms with Crippen LogP contribution in [0, 0.1) is 17.3 Å². The summed E-state index contributed by atoms with van der Waals surface area (Å²) in [5.74, 6) is -8.65. The predicted molar refractivity (Wildman–Crippen MR) is 83.0 cm³/mol. The molecule has 0 fully saturated rings. The molecule has 1 aromatic carbocycles. The SMILES string of the molecule is O=C(O)CC(C(=O)O)C1(C(CC(=O)O)C(=O)O)Cc2ccccc2C1. The molecule has 2 rings (SSSR count). The lowest BCUT2D eigenvalue weighted by Gasteiger charge is -2.39. The Balaban J connectivity index is 2.59. The number of benzene rings is 1. The molecule has 1 aliphatic carbocycles. The molecule has 1 aromatic rings. The van der Waals surface area contributed by atoms with Crippen LogP contribution in [-0.4, -0.2) is 44.3 Å². The first-order valence-electron chi connectivity index (χ1n) is 7.63. The lowest BCUT2D eigenvalue weighted by molar-refractivity contribution is -0.164. The summed E-state index contributed by atoms with van der Waals surface area (Å²) in [6.07, 6.45) is -1.52. The fourth-order valence-corrected chi connectivity index (χ4v) is 3.83. The van der Waals surface area contributed by atoms with E-state index in [4.69, 9.17) is 10.2 Å². The number of carboxylic acid groups (broad SMARTS) is 4. The van der Waals surface area contributed by atoms with E-state index in [1.807, 2.05) is 0 Å². The fraction of sp³-hybridized carbons (Fsp3) is 0.412. The van der Waals surface area contributed by atoms with Crippen molar-refractivity contribution in [3.05, 3.63) is 35.4 Å². The van der Waals surface area contributed by atoms with Crippen molar-refractivity contribution in [2.75, 3.05) is 0 Å². The maximum atomic E-state index is 11.8. The second-order valence-electron chi connectivity index (χ2n) is 6.33. The number of aliphatic carboxylic acids is 4. The van der Waals surface area contributed by atoms with Gasteiger partial charge in [-0.05, 0) is 24.0 Å².